The summed E-state index contributed by atoms with van der Waals surface area (Å²) in [5.74, 6) is -0.848. The SMILES string of the molecule is Cc1cc(F)ccc1CN1CCc2cc(-c3c(N)nc(C)c([C@H](OC(C)(C)C)C(=O)O)c3N3CCC(C)(C)CC3)ccc2C1. The number of ether oxygens (including phenoxy) is 1. The van der Waals surface area contributed by atoms with E-state index in [1.165, 1.54) is 17.2 Å². The van der Waals surface area contributed by atoms with Crippen LogP contribution >= 0.6 is 0 Å². The fraction of sp³-hybridized carbons (Fsp3) is 0.500. The van der Waals surface area contributed by atoms with Gasteiger partial charge < -0.3 is 20.5 Å². The molecule has 0 saturated carbocycles. The number of aryl methyl sites for hydroxylation is 2. The Kier molecular flexibility index (Phi) is 8.80. The van der Waals surface area contributed by atoms with Crippen molar-refractivity contribution in [1.82, 2.24) is 9.88 Å². The summed E-state index contributed by atoms with van der Waals surface area (Å²) in [6.45, 7) is 18.0. The third-order valence-electron chi connectivity index (χ3n) is 9.10. The number of anilines is 2. The highest BCUT2D eigenvalue weighted by Crippen LogP contribution is 2.46. The lowest BCUT2D eigenvalue weighted by atomic mass is 9.82. The normalized spacial score (nSPS) is 17.8. The summed E-state index contributed by atoms with van der Waals surface area (Å²) >= 11 is 0. The number of nitrogens with two attached hydrogens (primary N) is 1. The van der Waals surface area contributed by atoms with E-state index >= 15 is 0 Å². The zero-order valence-corrected chi connectivity index (χ0v) is 27.3. The van der Waals surface area contributed by atoms with Crippen LogP contribution < -0.4 is 10.6 Å². The van der Waals surface area contributed by atoms with E-state index in [1.54, 1.807) is 6.07 Å². The van der Waals surface area contributed by atoms with Crippen molar-refractivity contribution >= 4 is 17.5 Å². The molecule has 2 aliphatic heterocycles. The highest BCUT2D eigenvalue weighted by atomic mass is 19.1. The van der Waals surface area contributed by atoms with E-state index in [2.05, 4.69) is 41.8 Å². The molecule has 0 amide bonds. The summed E-state index contributed by atoms with van der Waals surface area (Å²) in [6.07, 6.45) is 1.65. The average molecular weight is 603 g/mol. The predicted octanol–water partition coefficient (Wildman–Crippen LogP) is 7.21. The average Bonchev–Trinajstić information content (AvgIpc) is 2.92. The van der Waals surface area contributed by atoms with Gasteiger partial charge in [-0.15, -0.1) is 0 Å². The highest BCUT2D eigenvalue weighted by molar-refractivity contribution is 5.92. The second-order valence-corrected chi connectivity index (χ2v) is 14.3. The Morgan fingerprint density at radius 2 is 1.80 bits per heavy atom. The van der Waals surface area contributed by atoms with E-state index in [0.717, 1.165) is 79.9 Å². The zero-order chi connectivity index (χ0) is 32.0. The molecular formula is C36H47FN4O3. The Hall–Kier alpha value is -3.49. The largest absolute Gasteiger partial charge is 0.479 e. The van der Waals surface area contributed by atoms with Crippen molar-refractivity contribution in [2.24, 2.45) is 5.41 Å². The minimum absolute atomic E-state index is 0.205. The van der Waals surface area contributed by atoms with Crippen LogP contribution in [0.4, 0.5) is 15.9 Å². The van der Waals surface area contributed by atoms with Crippen LogP contribution in [0, 0.1) is 25.1 Å². The zero-order valence-electron chi connectivity index (χ0n) is 27.3. The van der Waals surface area contributed by atoms with Crippen LogP contribution in [0.1, 0.15) is 87.1 Å². The standard InChI is InChI=1S/C36H47FN4O3/c1-22-18-28(37)11-10-26(22)20-40-15-12-24-19-25(8-9-27(24)21-40)30-31(41-16-13-36(6,7)14-17-41)29(23(2)39-33(30)38)32(34(42)43)44-35(3,4)5/h8-11,18-19,32H,12-17,20-21H2,1-7H3,(H2,38,39)(H,42,43)/t32-/m0/s1. The van der Waals surface area contributed by atoms with Crippen molar-refractivity contribution < 1.29 is 19.0 Å². The monoisotopic (exact) mass is 602 g/mol. The lowest BCUT2D eigenvalue weighted by molar-refractivity contribution is -0.160. The molecule has 2 aromatic carbocycles. The fourth-order valence-electron chi connectivity index (χ4n) is 6.55. The summed E-state index contributed by atoms with van der Waals surface area (Å²) in [7, 11) is 0. The topological polar surface area (TPSA) is 91.9 Å². The van der Waals surface area contributed by atoms with Crippen molar-refractivity contribution in [1.29, 1.82) is 0 Å². The lowest BCUT2D eigenvalue weighted by Crippen LogP contribution is -2.39. The van der Waals surface area contributed by atoms with Crippen LogP contribution in [0.15, 0.2) is 36.4 Å². The number of carboxylic acid groups (broad SMARTS) is 1. The Morgan fingerprint density at radius 3 is 2.43 bits per heavy atom. The number of fused-ring (bicyclic) bond motifs is 1. The van der Waals surface area contributed by atoms with Gasteiger partial charge in [0.2, 0.25) is 0 Å². The number of aromatic nitrogens is 1. The molecule has 5 rings (SSSR count). The Morgan fingerprint density at radius 1 is 1.09 bits per heavy atom. The number of pyridine rings is 1. The van der Waals surface area contributed by atoms with Gasteiger partial charge in [-0.25, -0.2) is 14.2 Å². The first kappa shape index (κ1) is 31.9. The molecule has 0 bridgehead atoms. The van der Waals surface area contributed by atoms with Gasteiger partial charge in [0.1, 0.15) is 11.6 Å². The van der Waals surface area contributed by atoms with Crippen molar-refractivity contribution in [3.63, 3.8) is 0 Å². The maximum atomic E-state index is 13.6. The number of hydrogen-bond acceptors (Lipinski definition) is 6. The number of nitrogens with zero attached hydrogens (tertiary/aromatic N) is 3. The molecule has 3 N–H and O–H groups in total. The van der Waals surface area contributed by atoms with Gasteiger partial charge in [0.25, 0.3) is 0 Å². The summed E-state index contributed by atoms with van der Waals surface area (Å²) in [5, 5.41) is 10.4. The summed E-state index contributed by atoms with van der Waals surface area (Å²) < 4.78 is 19.8. The van der Waals surface area contributed by atoms with E-state index in [-0.39, 0.29) is 11.2 Å². The van der Waals surface area contributed by atoms with Gasteiger partial charge in [-0.2, -0.15) is 0 Å². The predicted molar refractivity (Wildman–Crippen MR) is 174 cm³/mol. The lowest BCUT2D eigenvalue weighted by Gasteiger charge is -2.41. The molecule has 44 heavy (non-hydrogen) atoms. The molecule has 1 atom stereocenters. The number of aliphatic carboxylic acids is 1. The molecule has 3 aromatic rings. The molecule has 0 radical (unpaired) electrons. The first-order valence-electron chi connectivity index (χ1n) is 15.7. The van der Waals surface area contributed by atoms with E-state index in [1.807, 2.05) is 40.7 Å². The Labute approximate surface area is 261 Å². The number of nitrogen functional groups attached to an aromatic ring is 1. The first-order valence-corrected chi connectivity index (χ1v) is 15.7. The summed E-state index contributed by atoms with van der Waals surface area (Å²) in [6, 6.07) is 11.5. The van der Waals surface area contributed by atoms with Crippen molar-refractivity contribution in [2.75, 3.05) is 30.3 Å². The maximum absolute atomic E-state index is 13.6. The Balaban J connectivity index is 1.56. The van der Waals surface area contributed by atoms with Crippen LogP contribution in [0.3, 0.4) is 0 Å². The molecule has 1 fully saturated rings. The van der Waals surface area contributed by atoms with Gasteiger partial charge in [-0.1, -0.05) is 38.1 Å². The number of benzene rings is 2. The van der Waals surface area contributed by atoms with Gasteiger partial charge in [-0.3, -0.25) is 4.90 Å². The van der Waals surface area contributed by atoms with Gasteiger partial charge >= 0.3 is 5.97 Å². The molecule has 1 saturated heterocycles. The molecule has 8 heteroatoms. The third-order valence-corrected chi connectivity index (χ3v) is 9.10. The minimum Gasteiger partial charge on any atom is -0.479 e. The molecule has 3 heterocycles. The molecule has 1 aromatic heterocycles. The molecule has 0 spiro atoms. The second kappa shape index (κ2) is 12.1. The highest BCUT2D eigenvalue weighted by Gasteiger charge is 2.37. The molecule has 0 unspecified atom stereocenters. The molecule has 7 nitrogen and oxygen atoms in total. The van der Waals surface area contributed by atoms with Gasteiger partial charge in [0, 0.05) is 49.5 Å². The van der Waals surface area contributed by atoms with E-state index in [0.29, 0.717) is 17.1 Å². The second-order valence-electron chi connectivity index (χ2n) is 14.3. The van der Waals surface area contributed by atoms with Crippen LogP contribution in [-0.2, 0) is 29.0 Å². The van der Waals surface area contributed by atoms with Gasteiger partial charge in [0.15, 0.2) is 6.10 Å². The van der Waals surface area contributed by atoms with E-state index in [9.17, 15) is 14.3 Å². The smallest absolute Gasteiger partial charge is 0.337 e. The number of piperidine rings is 1. The number of halogens is 1. The van der Waals surface area contributed by atoms with Gasteiger partial charge in [0.05, 0.1) is 11.3 Å². The van der Waals surface area contributed by atoms with E-state index < -0.39 is 17.7 Å². The summed E-state index contributed by atoms with van der Waals surface area (Å²) in [4.78, 5) is 22.2. The van der Waals surface area contributed by atoms with Crippen molar-refractivity contribution in [3.05, 3.63) is 75.7 Å². The van der Waals surface area contributed by atoms with Crippen LogP contribution in [0.5, 0.6) is 0 Å². The molecule has 0 aliphatic carbocycles. The molecule has 236 valence electrons. The van der Waals surface area contributed by atoms with E-state index in [4.69, 9.17) is 15.5 Å². The quantitative estimate of drug-likeness (QED) is 0.295. The minimum atomic E-state index is -1.19. The molecule has 2 aliphatic rings. The van der Waals surface area contributed by atoms with Gasteiger partial charge in [-0.05, 0) is 99.2 Å². The number of carbonyl (C=O) groups is 1. The third kappa shape index (κ3) is 6.92. The Bertz CT molecular complexity index is 1550. The molecular weight excluding hydrogens is 555 g/mol. The number of carboxylic acids is 1. The van der Waals surface area contributed by atoms with Crippen LogP contribution in [0.25, 0.3) is 11.1 Å². The summed E-state index contributed by atoms with van der Waals surface area (Å²) in [5.41, 5.74) is 14.6. The van der Waals surface area contributed by atoms with Crippen molar-refractivity contribution in [2.45, 2.75) is 92.5 Å². The number of rotatable bonds is 7. The maximum Gasteiger partial charge on any atom is 0.337 e. The van der Waals surface area contributed by atoms with Crippen LogP contribution in [-0.4, -0.2) is 46.2 Å². The first-order chi connectivity index (χ1) is 20.6. The van der Waals surface area contributed by atoms with Crippen molar-refractivity contribution in [3.8, 4) is 11.1 Å². The van der Waals surface area contributed by atoms with Crippen LogP contribution in [0.2, 0.25) is 0 Å². The fourth-order valence-corrected chi connectivity index (χ4v) is 6.55. The number of hydrogen-bond donors (Lipinski definition) is 2.